The highest BCUT2D eigenvalue weighted by Gasteiger charge is 2.23. The van der Waals surface area contributed by atoms with Crippen LogP contribution in [-0.2, 0) is 17.8 Å². The van der Waals surface area contributed by atoms with Gasteiger partial charge in [-0.1, -0.05) is 29.8 Å². The van der Waals surface area contributed by atoms with Crippen LogP contribution in [0, 0.1) is 5.92 Å². The number of halogens is 1. The lowest BCUT2D eigenvalue weighted by Crippen LogP contribution is -2.28. The molecule has 1 aliphatic carbocycles. The highest BCUT2D eigenvalue weighted by Crippen LogP contribution is 2.32. The molecule has 1 aromatic carbocycles. The van der Waals surface area contributed by atoms with Crippen molar-refractivity contribution < 1.29 is 14.6 Å². The molecule has 1 fully saturated rings. The third kappa shape index (κ3) is 3.96. The van der Waals surface area contributed by atoms with Crippen molar-refractivity contribution in [2.45, 2.75) is 25.8 Å². The molecule has 3 heterocycles. The van der Waals surface area contributed by atoms with Crippen molar-refractivity contribution in [1.29, 1.82) is 0 Å². The van der Waals surface area contributed by atoms with Gasteiger partial charge < -0.3 is 14.8 Å². The molecule has 2 N–H and O–H groups in total. The second-order valence-electron chi connectivity index (χ2n) is 7.61. The summed E-state index contributed by atoms with van der Waals surface area (Å²) in [6, 6.07) is 8.70. The van der Waals surface area contributed by atoms with Crippen LogP contribution in [0.1, 0.15) is 24.4 Å². The molecule has 158 valence electrons. The maximum absolute atomic E-state index is 12.6. The zero-order valence-electron chi connectivity index (χ0n) is 16.3. The van der Waals surface area contributed by atoms with E-state index in [1.54, 1.807) is 30.3 Å². The first-order valence-corrected chi connectivity index (χ1v) is 10.2. The predicted octanol–water partition coefficient (Wildman–Crippen LogP) is 2.79. The van der Waals surface area contributed by atoms with Gasteiger partial charge in [-0.05, 0) is 30.9 Å². The van der Waals surface area contributed by atoms with Crippen molar-refractivity contribution in [3.63, 3.8) is 0 Å². The summed E-state index contributed by atoms with van der Waals surface area (Å²) in [5.74, 6) is 0.357. The molecular formula is C21H18ClN5O4. The minimum Gasteiger partial charge on any atom is -0.480 e. The number of aliphatic carboxylic acids is 1. The average Bonchev–Trinajstić information content (AvgIpc) is 3.49. The zero-order valence-corrected chi connectivity index (χ0v) is 17.1. The van der Waals surface area contributed by atoms with Gasteiger partial charge in [0.15, 0.2) is 5.65 Å². The van der Waals surface area contributed by atoms with E-state index in [1.807, 2.05) is 0 Å². The molecular weight excluding hydrogens is 422 g/mol. The predicted molar refractivity (Wildman–Crippen MR) is 114 cm³/mol. The molecule has 10 heteroatoms. The molecule has 1 aliphatic rings. The van der Waals surface area contributed by atoms with Gasteiger partial charge in [0.25, 0.3) is 5.56 Å². The van der Waals surface area contributed by atoms with Crippen LogP contribution in [0.3, 0.4) is 0 Å². The zero-order chi connectivity index (χ0) is 21.5. The Morgan fingerprint density at radius 2 is 2.03 bits per heavy atom. The number of ether oxygens (including phenoxy) is 1. The number of pyridine rings is 1. The van der Waals surface area contributed by atoms with Gasteiger partial charge in [-0.25, -0.2) is 9.67 Å². The van der Waals surface area contributed by atoms with E-state index in [2.05, 4.69) is 20.1 Å². The molecule has 0 saturated heterocycles. The topological polar surface area (TPSA) is 123 Å². The molecule has 0 atom stereocenters. The van der Waals surface area contributed by atoms with Crippen molar-refractivity contribution in [3.05, 3.63) is 57.2 Å². The molecule has 9 nitrogen and oxygen atoms in total. The second kappa shape index (κ2) is 7.66. The molecule has 0 amide bonds. The number of aromatic nitrogens is 5. The lowest BCUT2D eigenvalue weighted by molar-refractivity contribution is -0.138. The summed E-state index contributed by atoms with van der Waals surface area (Å²) in [6.07, 6.45) is 2.58. The number of carboxylic acid groups (broad SMARTS) is 1. The Morgan fingerprint density at radius 1 is 1.26 bits per heavy atom. The monoisotopic (exact) mass is 439 g/mol. The summed E-state index contributed by atoms with van der Waals surface area (Å²) in [6.45, 7) is 0.0756. The largest absolute Gasteiger partial charge is 0.480 e. The number of benzene rings is 1. The van der Waals surface area contributed by atoms with Crippen LogP contribution in [0.25, 0.3) is 21.9 Å². The van der Waals surface area contributed by atoms with Crippen LogP contribution in [0.5, 0.6) is 5.88 Å². The summed E-state index contributed by atoms with van der Waals surface area (Å²) in [5, 5.41) is 14.9. The Labute approximate surface area is 180 Å². The van der Waals surface area contributed by atoms with Gasteiger partial charge in [-0.15, -0.1) is 0 Å². The number of carboxylic acids is 1. The lowest BCUT2D eigenvalue weighted by atomic mass is 10.1. The van der Waals surface area contributed by atoms with Gasteiger partial charge in [0.2, 0.25) is 5.88 Å². The standard InChI is InChI=1S/C21H18ClN5O4/c22-14-7-16-19(25-20(14)31-10-11-5-6-11)24-17(23-16)8-15-12-3-1-2-4-13(12)21(30)27(26-15)9-18(28)29/h1-4,7,11H,5-6,8-10H2,(H,28,29)(H,23,24,25). The summed E-state index contributed by atoms with van der Waals surface area (Å²) in [4.78, 5) is 35.8. The molecule has 0 unspecified atom stereocenters. The molecule has 4 aromatic rings. The Kier molecular flexibility index (Phi) is 4.82. The average molecular weight is 440 g/mol. The van der Waals surface area contributed by atoms with Gasteiger partial charge in [-0.3, -0.25) is 9.59 Å². The van der Waals surface area contributed by atoms with Gasteiger partial charge in [-0.2, -0.15) is 10.1 Å². The first kappa shape index (κ1) is 19.5. The summed E-state index contributed by atoms with van der Waals surface area (Å²) >= 11 is 6.30. The van der Waals surface area contributed by atoms with Crippen LogP contribution in [0.4, 0.5) is 0 Å². The fourth-order valence-electron chi connectivity index (χ4n) is 3.45. The van der Waals surface area contributed by atoms with Crippen LogP contribution < -0.4 is 10.3 Å². The number of H-pyrrole nitrogens is 1. The number of fused-ring (bicyclic) bond motifs is 2. The number of carbonyl (C=O) groups is 1. The van der Waals surface area contributed by atoms with Crippen molar-refractivity contribution >= 4 is 39.5 Å². The van der Waals surface area contributed by atoms with E-state index < -0.39 is 18.1 Å². The van der Waals surface area contributed by atoms with E-state index in [0.717, 1.165) is 17.5 Å². The van der Waals surface area contributed by atoms with Crippen molar-refractivity contribution in [2.24, 2.45) is 5.92 Å². The smallest absolute Gasteiger partial charge is 0.325 e. The number of aromatic amines is 1. The molecule has 0 aliphatic heterocycles. The van der Waals surface area contributed by atoms with Gasteiger partial charge in [0.1, 0.15) is 17.4 Å². The Morgan fingerprint density at radius 3 is 2.77 bits per heavy atom. The van der Waals surface area contributed by atoms with Crippen LogP contribution in [0.15, 0.2) is 35.1 Å². The van der Waals surface area contributed by atoms with E-state index in [9.17, 15) is 9.59 Å². The molecule has 1 saturated carbocycles. The van der Waals surface area contributed by atoms with Crippen molar-refractivity contribution in [2.75, 3.05) is 6.61 Å². The van der Waals surface area contributed by atoms with Crippen LogP contribution in [-0.4, -0.2) is 42.4 Å². The van der Waals surface area contributed by atoms with Gasteiger partial charge in [0.05, 0.1) is 29.6 Å². The van der Waals surface area contributed by atoms with Crippen molar-refractivity contribution in [3.8, 4) is 5.88 Å². The quantitative estimate of drug-likeness (QED) is 0.453. The maximum atomic E-state index is 12.6. The minimum absolute atomic E-state index is 0.257. The Balaban J connectivity index is 1.52. The number of hydrogen-bond acceptors (Lipinski definition) is 6. The normalized spacial score (nSPS) is 13.7. The molecule has 0 bridgehead atoms. The number of nitrogens with zero attached hydrogens (tertiary/aromatic N) is 4. The summed E-state index contributed by atoms with van der Waals surface area (Å²) in [7, 11) is 0. The molecule has 0 spiro atoms. The SMILES string of the molecule is O=C(O)Cn1nc(Cc2nc3nc(OCC4CC4)c(Cl)cc3[nH]2)c2ccccc2c1=O. The lowest BCUT2D eigenvalue weighted by Gasteiger charge is -2.08. The highest BCUT2D eigenvalue weighted by atomic mass is 35.5. The fourth-order valence-corrected chi connectivity index (χ4v) is 3.65. The van der Waals surface area contributed by atoms with E-state index in [0.29, 0.717) is 56.9 Å². The second-order valence-corrected chi connectivity index (χ2v) is 8.02. The third-order valence-electron chi connectivity index (χ3n) is 5.16. The molecule has 31 heavy (non-hydrogen) atoms. The van der Waals surface area contributed by atoms with Crippen LogP contribution in [0.2, 0.25) is 5.02 Å². The first-order valence-electron chi connectivity index (χ1n) is 9.86. The number of imidazole rings is 1. The molecule has 5 rings (SSSR count). The Bertz CT molecular complexity index is 1380. The van der Waals surface area contributed by atoms with Crippen molar-refractivity contribution in [1.82, 2.24) is 24.7 Å². The van der Waals surface area contributed by atoms with Gasteiger partial charge in [0, 0.05) is 5.39 Å². The number of rotatable bonds is 7. The fraction of sp³-hybridized carbons (Fsp3) is 0.286. The summed E-state index contributed by atoms with van der Waals surface area (Å²) < 4.78 is 6.68. The number of hydrogen-bond donors (Lipinski definition) is 2. The third-order valence-corrected chi connectivity index (χ3v) is 5.43. The van der Waals surface area contributed by atoms with Crippen LogP contribution >= 0.6 is 11.6 Å². The first-order chi connectivity index (χ1) is 15.0. The van der Waals surface area contributed by atoms with Gasteiger partial charge >= 0.3 is 5.97 Å². The van der Waals surface area contributed by atoms with E-state index >= 15 is 0 Å². The highest BCUT2D eigenvalue weighted by molar-refractivity contribution is 6.32. The Hall–Kier alpha value is -3.46. The maximum Gasteiger partial charge on any atom is 0.325 e. The summed E-state index contributed by atoms with van der Waals surface area (Å²) in [5.41, 5.74) is 1.21. The van der Waals surface area contributed by atoms with E-state index in [4.69, 9.17) is 21.4 Å². The molecule has 0 radical (unpaired) electrons. The molecule has 3 aromatic heterocycles. The minimum atomic E-state index is -1.14. The van der Waals surface area contributed by atoms with E-state index in [1.165, 1.54) is 0 Å². The van der Waals surface area contributed by atoms with E-state index in [-0.39, 0.29) is 6.42 Å². The number of nitrogens with one attached hydrogen (secondary N) is 1.